The number of nitrogens with one attached hydrogen (secondary N) is 1. The molecule has 0 unspecified atom stereocenters. The van der Waals surface area contributed by atoms with E-state index >= 15 is 0 Å². The van der Waals surface area contributed by atoms with Crippen LogP contribution in [-0.2, 0) is 4.79 Å². The van der Waals surface area contributed by atoms with Gasteiger partial charge in [0, 0.05) is 13.5 Å². The van der Waals surface area contributed by atoms with E-state index in [1.807, 2.05) is 0 Å². The summed E-state index contributed by atoms with van der Waals surface area (Å²) < 4.78 is 0. The third-order valence-corrected chi connectivity index (χ3v) is 1.20. The minimum absolute atomic E-state index is 0.191. The largest absolute Gasteiger partial charge is 0.356 e. The minimum atomic E-state index is -0.191. The number of hydrogen-bond donors (Lipinski definition) is 1. The van der Waals surface area contributed by atoms with Crippen molar-refractivity contribution in [3.8, 4) is 0 Å². The third-order valence-electron chi connectivity index (χ3n) is 1.20. The van der Waals surface area contributed by atoms with Crippen molar-refractivity contribution in [1.82, 2.24) is 5.32 Å². The molecule has 2 heteroatoms. The maximum absolute atomic E-state index is 10.3. The molecule has 59 valence electrons. The van der Waals surface area contributed by atoms with Crippen molar-refractivity contribution in [1.29, 1.82) is 0 Å². The number of amides is 1. The molecular weight excluding hydrogens is 126 g/mol. The van der Waals surface area contributed by atoms with Crippen molar-refractivity contribution < 1.29 is 4.79 Å². The summed E-state index contributed by atoms with van der Waals surface area (Å²) in [7, 11) is 0. The monoisotopic (exact) mass is 142 g/mol. The Morgan fingerprint density at radius 3 is 2.30 bits per heavy atom. The average molecular weight is 142 g/mol. The number of carbonyl (C=O) groups excluding carboxylic acids is 1. The molecule has 0 aromatic heterocycles. The van der Waals surface area contributed by atoms with Crippen molar-refractivity contribution in [2.45, 2.75) is 27.2 Å². The van der Waals surface area contributed by atoms with Crippen molar-refractivity contribution in [2.24, 2.45) is 5.41 Å². The number of hydrogen-bond acceptors (Lipinski definition) is 1. The quantitative estimate of drug-likeness (QED) is 0.620. The van der Waals surface area contributed by atoms with Crippen LogP contribution in [-0.4, -0.2) is 12.5 Å². The van der Waals surface area contributed by atoms with E-state index in [9.17, 15) is 4.79 Å². The predicted molar refractivity (Wildman–Crippen MR) is 42.4 cm³/mol. The lowest BCUT2D eigenvalue weighted by atomic mass is 9.92. The lowest BCUT2D eigenvalue weighted by Gasteiger charge is -2.17. The van der Waals surface area contributed by atoms with Gasteiger partial charge in [0.1, 0.15) is 0 Å². The fourth-order valence-electron chi connectivity index (χ4n) is 0.577. The summed E-state index contributed by atoms with van der Waals surface area (Å²) in [6, 6.07) is 0. The van der Waals surface area contributed by atoms with E-state index in [2.05, 4.69) is 33.0 Å². The molecule has 0 aliphatic heterocycles. The molecule has 0 aliphatic carbocycles. The Hall–Kier alpha value is -0.530. The van der Waals surface area contributed by atoms with Gasteiger partial charge in [-0.1, -0.05) is 20.8 Å². The van der Waals surface area contributed by atoms with Gasteiger partial charge in [0.2, 0.25) is 5.91 Å². The van der Waals surface area contributed by atoms with Crippen molar-refractivity contribution in [3.05, 3.63) is 6.92 Å². The molecule has 2 nitrogen and oxygen atoms in total. The molecule has 0 fully saturated rings. The Labute approximate surface area is 63.0 Å². The van der Waals surface area contributed by atoms with Gasteiger partial charge in [0.25, 0.3) is 0 Å². The lowest BCUT2D eigenvalue weighted by Crippen LogP contribution is -2.24. The van der Waals surface area contributed by atoms with E-state index in [0.717, 1.165) is 13.0 Å². The molecule has 0 aromatic rings. The van der Waals surface area contributed by atoms with E-state index in [1.54, 1.807) is 0 Å². The summed E-state index contributed by atoms with van der Waals surface area (Å²) >= 11 is 0. The maximum atomic E-state index is 10.3. The third kappa shape index (κ3) is 7.47. The summed E-state index contributed by atoms with van der Waals surface area (Å²) in [6.07, 6.45) is 0.994. The van der Waals surface area contributed by atoms with Crippen LogP contribution in [0.4, 0.5) is 0 Å². The molecule has 0 heterocycles. The van der Waals surface area contributed by atoms with Crippen LogP contribution in [0.5, 0.6) is 0 Å². The van der Waals surface area contributed by atoms with Crippen molar-refractivity contribution in [3.63, 3.8) is 0 Å². The summed E-state index contributed by atoms with van der Waals surface area (Å²) in [6.45, 7) is 10.4. The first-order valence-corrected chi connectivity index (χ1v) is 3.51. The molecule has 1 amide bonds. The van der Waals surface area contributed by atoms with Crippen LogP contribution in [0.1, 0.15) is 27.2 Å². The second-order valence-electron chi connectivity index (χ2n) is 3.66. The Kier molecular flexibility index (Phi) is 3.40. The molecule has 0 spiro atoms. The van der Waals surface area contributed by atoms with Crippen LogP contribution in [0.3, 0.4) is 0 Å². The van der Waals surface area contributed by atoms with E-state index in [0.29, 0.717) is 5.41 Å². The molecule has 10 heavy (non-hydrogen) atoms. The Bertz CT molecular complexity index is 113. The Morgan fingerprint density at radius 2 is 2.00 bits per heavy atom. The molecule has 0 bridgehead atoms. The highest BCUT2D eigenvalue weighted by Crippen LogP contribution is 2.16. The summed E-state index contributed by atoms with van der Waals surface area (Å²) in [4.78, 5) is 10.3. The van der Waals surface area contributed by atoms with E-state index < -0.39 is 0 Å². The fraction of sp³-hybridized carbons (Fsp3) is 0.750. The van der Waals surface area contributed by atoms with E-state index in [4.69, 9.17) is 0 Å². The molecule has 1 radical (unpaired) electrons. The molecule has 0 saturated carbocycles. The Balaban J connectivity index is 3.29. The first-order chi connectivity index (χ1) is 4.42. The van der Waals surface area contributed by atoms with Crippen molar-refractivity contribution in [2.75, 3.05) is 6.54 Å². The molecule has 0 rings (SSSR count). The molecule has 0 aliphatic rings. The lowest BCUT2D eigenvalue weighted by molar-refractivity contribution is -0.116. The maximum Gasteiger partial charge on any atom is 0.220 e. The highest BCUT2D eigenvalue weighted by atomic mass is 16.1. The normalized spacial score (nSPS) is 11.2. The fourth-order valence-corrected chi connectivity index (χ4v) is 0.577. The van der Waals surface area contributed by atoms with Crippen LogP contribution in [0.15, 0.2) is 0 Å². The van der Waals surface area contributed by atoms with Crippen LogP contribution in [0.25, 0.3) is 0 Å². The average Bonchev–Trinajstić information content (AvgIpc) is 1.59. The van der Waals surface area contributed by atoms with Gasteiger partial charge in [-0.05, 0) is 11.8 Å². The van der Waals surface area contributed by atoms with Gasteiger partial charge in [-0.3, -0.25) is 4.79 Å². The van der Waals surface area contributed by atoms with Gasteiger partial charge in [0.05, 0.1) is 0 Å². The summed E-state index contributed by atoms with van der Waals surface area (Å²) in [5.74, 6) is -0.191. The molecule has 1 N–H and O–H groups in total. The van der Waals surface area contributed by atoms with Crippen molar-refractivity contribution >= 4 is 5.91 Å². The minimum Gasteiger partial charge on any atom is -0.356 e. The van der Waals surface area contributed by atoms with Crippen LogP contribution in [0, 0.1) is 12.3 Å². The first-order valence-electron chi connectivity index (χ1n) is 3.51. The molecule has 0 atom stereocenters. The smallest absolute Gasteiger partial charge is 0.220 e. The standard InChI is InChI=1S/C8H16NO/c1-7(10)9-6-5-8(2,3)4/h1,5-6H2,2-4H3,(H,9,10). The van der Waals surface area contributed by atoms with Gasteiger partial charge in [-0.25, -0.2) is 0 Å². The summed E-state index contributed by atoms with van der Waals surface area (Å²) in [5, 5.41) is 2.65. The van der Waals surface area contributed by atoms with E-state index in [-0.39, 0.29) is 5.91 Å². The zero-order valence-electron chi connectivity index (χ0n) is 7.03. The molecule has 0 saturated heterocycles. The van der Waals surface area contributed by atoms with Gasteiger partial charge >= 0.3 is 0 Å². The highest BCUT2D eigenvalue weighted by Gasteiger charge is 2.08. The first kappa shape index (κ1) is 9.47. The molecular formula is C8H16NO. The predicted octanol–water partition coefficient (Wildman–Crippen LogP) is 1.37. The highest BCUT2D eigenvalue weighted by molar-refractivity contribution is 5.79. The van der Waals surface area contributed by atoms with Gasteiger partial charge in [0.15, 0.2) is 0 Å². The summed E-state index contributed by atoms with van der Waals surface area (Å²) in [5.41, 5.74) is 0.294. The van der Waals surface area contributed by atoms with Crippen LogP contribution >= 0.6 is 0 Å². The van der Waals surface area contributed by atoms with Gasteiger partial charge < -0.3 is 5.32 Å². The number of rotatable bonds is 2. The van der Waals surface area contributed by atoms with Crippen LogP contribution < -0.4 is 5.32 Å². The SMILES string of the molecule is [CH2]C(=O)NCCC(C)(C)C. The van der Waals surface area contributed by atoms with Gasteiger partial charge in [-0.15, -0.1) is 0 Å². The second kappa shape index (κ2) is 3.59. The topological polar surface area (TPSA) is 29.1 Å². The second-order valence-corrected chi connectivity index (χ2v) is 3.66. The van der Waals surface area contributed by atoms with Gasteiger partial charge in [-0.2, -0.15) is 0 Å². The van der Waals surface area contributed by atoms with E-state index in [1.165, 1.54) is 0 Å². The zero-order valence-corrected chi connectivity index (χ0v) is 7.03. The molecule has 0 aromatic carbocycles. The van der Waals surface area contributed by atoms with Crippen LogP contribution in [0.2, 0.25) is 0 Å². The Morgan fingerprint density at radius 1 is 1.50 bits per heavy atom. The number of carbonyl (C=O) groups is 1. The zero-order chi connectivity index (χ0) is 8.20.